The van der Waals surface area contributed by atoms with E-state index >= 15 is 0 Å². The monoisotopic (exact) mass is 926 g/mol. The molecule has 0 radical (unpaired) electrons. The Kier molecular flexibility index (Phi) is 13.3. The summed E-state index contributed by atoms with van der Waals surface area (Å²) in [5.74, 6) is -0.0447. The van der Waals surface area contributed by atoms with Crippen molar-refractivity contribution in [1.29, 1.82) is 0 Å². The maximum Gasteiger partial charge on any atom is 0.302 e. The summed E-state index contributed by atoms with van der Waals surface area (Å²) in [5.41, 5.74) is -0.175. The number of fused-ring (bicyclic) bond motifs is 7. The first kappa shape index (κ1) is 48.6. The Labute approximate surface area is 380 Å². The molecule has 18 heteroatoms. The normalized spacial score (nSPS) is 56.6. The predicted octanol–water partition coefficient (Wildman–Crippen LogP) is 0.927. The van der Waals surface area contributed by atoms with Gasteiger partial charge in [-0.05, 0) is 94.3 Å². The topological polar surface area (TPSA) is 262 Å². The molecule has 0 aromatic heterocycles. The second-order valence-electron chi connectivity index (χ2n) is 21.8. The quantitative estimate of drug-likeness (QED) is 0.124. The maximum atomic E-state index is 12.8. The van der Waals surface area contributed by atoms with Crippen LogP contribution < -0.4 is 0 Å². The third-order valence-electron chi connectivity index (χ3n) is 18.2. The van der Waals surface area contributed by atoms with Crippen LogP contribution in [0.1, 0.15) is 106 Å². The van der Waals surface area contributed by atoms with Gasteiger partial charge >= 0.3 is 5.97 Å². The van der Waals surface area contributed by atoms with Gasteiger partial charge in [0.25, 0.3) is 0 Å². The van der Waals surface area contributed by atoms with Crippen LogP contribution in [0.5, 0.6) is 0 Å². The molecule has 8 fully saturated rings. The minimum Gasteiger partial charge on any atom is -0.463 e. The van der Waals surface area contributed by atoms with Gasteiger partial charge in [0, 0.05) is 24.7 Å². The molecule has 26 unspecified atom stereocenters. The molecule has 3 saturated carbocycles. The average Bonchev–Trinajstić information content (AvgIpc) is 3.63. The molecule has 1 spiro atoms. The average molecular weight is 927 g/mol. The molecule has 9 rings (SSSR count). The smallest absolute Gasteiger partial charge is 0.302 e. The van der Waals surface area contributed by atoms with Crippen LogP contribution in [0, 0.1) is 40.4 Å². The second-order valence-corrected chi connectivity index (χ2v) is 21.8. The highest BCUT2D eigenvalue weighted by molar-refractivity contribution is 5.65. The Morgan fingerprint density at radius 3 is 2.00 bits per heavy atom. The third-order valence-corrected chi connectivity index (χ3v) is 18.2. The first-order chi connectivity index (χ1) is 30.6. The molecule has 0 aromatic rings. The van der Waals surface area contributed by atoms with Crippen molar-refractivity contribution in [3.05, 3.63) is 11.6 Å². The van der Waals surface area contributed by atoms with E-state index in [1.54, 1.807) is 0 Å². The number of allylic oxidation sites excluding steroid dienone is 1. The summed E-state index contributed by atoms with van der Waals surface area (Å²) < 4.78 is 55.7. The molecular weight excluding hydrogens is 852 g/mol. The van der Waals surface area contributed by atoms with Crippen LogP contribution in [-0.4, -0.2) is 176 Å². The second kappa shape index (κ2) is 17.8. The van der Waals surface area contributed by atoms with Crippen molar-refractivity contribution in [3.63, 3.8) is 0 Å². The van der Waals surface area contributed by atoms with E-state index in [1.165, 1.54) is 26.3 Å². The molecule has 4 aliphatic carbocycles. The lowest BCUT2D eigenvalue weighted by Crippen LogP contribution is -2.66. The summed E-state index contributed by atoms with van der Waals surface area (Å²) >= 11 is 0. The van der Waals surface area contributed by atoms with E-state index in [0.717, 1.165) is 44.9 Å². The molecule has 0 amide bonds. The third kappa shape index (κ3) is 7.89. The summed E-state index contributed by atoms with van der Waals surface area (Å²) in [5, 5.41) is 88.9. The van der Waals surface area contributed by atoms with Crippen LogP contribution in [0.15, 0.2) is 11.6 Å². The van der Waals surface area contributed by atoms with E-state index in [1.807, 2.05) is 0 Å². The first-order valence-corrected chi connectivity index (χ1v) is 24.2. The van der Waals surface area contributed by atoms with Crippen molar-refractivity contribution >= 4 is 5.97 Å². The van der Waals surface area contributed by atoms with Crippen LogP contribution in [0.2, 0.25) is 0 Å². The van der Waals surface area contributed by atoms with Crippen LogP contribution in [0.3, 0.4) is 0 Å². The molecular formula is C47H74O18. The number of hydrogen-bond acceptors (Lipinski definition) is 18. The van der Waals surface area contributed by atoms with Crippen LogP contribution in [-0.2, 0) is 47.4 Å². The highest BCUT2D eigenvalue weighted by Crippen LogP contribution is 2.72. The van der Waals surface area contributed by atoms with Crippen LogP contribution in [0.25, 0.3) is 0 Å². The molecule has 8 N–H and O–H groups in total. The number of carbonyl (C=O) groups excluding carboxylic acids is 1. The van der Waals surface area contributed by atoms with Crippen LogP contribution in [0.4, 0.5) is 0 Å². The van der Waals surface area contributed by atoms with Gasteiger partial charge in [0.15, 0.2) is 24.7 Å². The van der Waals surface area contributed by atoms with Crippen molar-refractivity contribution in [2.45, 2.75) is 222 Å². The number of aliphatic hydroxyl groups is 8. The lowest BCUT2D eigenvalue weighted by atomic mass is 9.46. The van der Waals surface area contributed by atoms with E-state index in [0.29, 0.717) is 37.2 Å². The molecule has 26 atom stereocenters. The molecule has 370 valence electrons. The molecule has 5 heterocycles. The lowest BCUT2D eigenvalue weighted by molar-refractivity contribution is -0.388. The van der Waals surface area contributed by atoms with Crippen molar-refractivity contribution < 1.29 is 88.3 Å². The standard InChI is InChI=1S/C47H74O18/c1-20-10-15-46(58-18-20)23(4)47(56)31(65-46)17-29-27-9-8-25-16-26(11-13-44(25,6)28(27)12-14-45(29,47)7)61-43-40(64-42-37(54)35(52)33(50)22(3)60-42)38(55)39(30(62-43)19-57-24(5)48)63-41-36(53)34(51)32(49)21(2)59-41/h8,20-23,26-43,49-56H,9-19H2,1-7H3. The molecule has 5 aliphatic heterocycles. The van der Waals surface area contributed by atoms with Gasteiger partial charge in [-0.2, -0.15) is 0 Å². The van der Waals surface area contributed by atoms with Crippen molar-refractivity contribution in [2.24, 2.45) is 40.4 Å². The van der Waals surface area contributed by atoms with Gasteiger partial charge in [-0.25, -0.2) is 0 Å². The Morgan fingerprint density at radius 1 is 0.738 bits per heavy atom. The lowest BCUT2D eigenvalue weighted by Gasteiger charge is -2.60. The molecule has 5 saturated heterocycles. The number of ether oxygens (including phenoxy) is 9. The SMILES string of the molecule is CC(=O)OCC1OC(OC2CCC3(C)C(=CCC4C3CCC3(C)C4CC4OC5(CCC(C)CO5)C(C)C43O)C2)C(OC2OC(C)C(O)C(O)C2O)C(O)C1OC1OC(C)C(O)C(O)C1O. The number of aliphatic hydroxyl groups excluding tert-OH is 7. The van der Waals surface area contributed by atoms with Gasteiger partial charge < -0.3 is 83.5 Å². The molecule has 65 heavy (non-hydrogen) atoms. The zero-order valence-corrected chi connectivity index (χ0v) is 38.7. The van der Waals surface area contributed by atoms with E-state index in [2.05, 4.69) is 33.8 Å². The Hall–Kier alpha value is -1.43. The van der Waals surface area contributed by atoms with Gasteiger partial charge in [0.2, 0.25) is 0 Å². The Balaban J connectivity index is 0.946. The zero-order valence-electron chi connectivity index (χ0n) is 38.7. The summed E-state index contributed by atoms with van der Waals surface area (Å²) in [4.78, 5) is 12.1. The van der Waals surface area contributed by atoms with E-state index < -0.39 is 122 Å². The summed E-state index contributed by atoms with van der Waals surface area (Å²) in [6, 6.07) is 0. The van der Waals surface area contributed by atoms with Gasteiger partial charge in [0.1, 0.15) is 73.2 Å². The zero-order chi connectivity index (χ0) is 46.7. The molecule has 9 aliphatic rings. The Bertz CT molecular complexity index is 1760. The first-order valence-electron chi connectivity index (χ1n) is 24.2. The van der Waals surface area contributed by atoms with Crippen molar-refractivity contribution in [2.75, 3.05) is 13.2 Å². The van der Waals surface area contributed by atoms with Gasteiger partial charge in [-0.15, -0.1) is 0 Å². The number of carbonyl (C=O) groups is 1. The fraction of sp³-hybridized carbons (Fsp3) is 0.936. The summed E-state index contributed by atoms with van der Waals surface area (Å²) in [6.07, 6.45) is -13.2. The number of esters is 1. The number of hydrogen-bond donors (Lipinski definition) is 8. The minimum absolute atomic E-state index is 0.135. The molecule has 0 aromatic carbocycles. The maximum absolute atomic E-state index is 12.8. The van der Waals surface area contributed by atoms with Crippen LogP contribution >= 0.6 is 0 Å². The number of rotatable bonds is 8. The molecule has 0 bridgehead atoms. The van der Waals surface area contributed by atoms with Gasteiger partial charge in [-0.3, -0.25) is 4.79 Å². The van der Waals surface area contributed by atoms with Gasteiger partial charge in [-0.1, -0.05) is 39.3 Å². The highest BCUT2D eigenvalue weighted by atomic mass is 16.8. The van der Waals surface area contributed by atoms with Crippen molar-refractivity contribution in [3.8, 4) is 0 Å². The Morgan fingerprint density at radius 2 is 1.38 bits per heavy atom. The summed E-state index contributed by atoms with van der Waals surface area (Å²) in [6.45, 7) is 13.4. The van der Waals surface area contributed by atoms with Crippen molar-refractivity contribution in [1.82, 2.24) is 0 Å². The van der Waals surface area contributed by atoms with E-state index in [-0.39, 0.29) is 28.8 Å². The minimum atomic E-state index is -1.75. The predicted molar refractivity (Wildman–Crippen MR) is 224 cm³/mol. The molecule has 18 nitrogen and oxygen atoms in total. The summed E-state index contributed by atoms with van der Waals surface area (Å²) in [7, 11) is 0. The van der Waals surface area contributed by atoms with Gasteiger partial charge in [0.05, 0.1) is 31.0 Å². The highest BCUT2D eigenvalue weighted by Gasteiger charge is 2.76. The van der Waals surface area contributed by atoms with E-state index in [4.69, 9.17) is 42.6 Å². The largest absolute Gasteiger partial charge is 0.463 e. The fourth-order valence-electron chi connectivity index (χ4n) is 14.1. The van der Waals surface area contributed by atoms with E-state index in [9.17, 15) is 45.6 Å². The fourth-order valence-corrected chi connectivity index (χ4v) is 14.1.